The minimum Gasteiger partial charge on any atom is -0.481 e. The number of hydrogen-bond acceptors (Lipinski definition) is 7. The Balaban J connectivity index is 1.80. The molecule has 3 rings (SSSR count). The van der Waals surface area contributed by atoms with Crippen LogP contribution in [0.25, 0.3) is 11.2 Å². The monoisotopic (exact) mass is 353 g/mol. The van der Waals surface area contributed by atoms with Crippen molar-refractivity contribution in [2.75, 3.05) is 5.32 Å². The Hall–Kier alpha value is -3.31. The molecule has 25 heavy (non-hydrogen) atoms. The van der Waals surface area contributed by atoms with Gasteiger partial charge >= 0.3 is 12.6 Å². The molecule has 0 amide bonds. The first-order valence-corrected chi connectivity index (χ1v) is 7.11. The maximum Gasteiger partial charge on any atom is 0.388 e. The number of H-pyrrole nitrogens is 1. The number of nitrogens with one attached hydrogen (secondary N) is 2. The Bertz CT molecular complexity index is 895. The van der Waals surface area contributed by atoms with E-state index in [1.165, 1.54) is 23.1 Å². The molecular weight excluding hydrogens is 340 g/mol. The second-order valence-electron chi connectivity index (χ2n) is 5.15. The number of ether oxygens (including phenoxy) is 1. The molecule has 0 fully saturated rings. The molecule has 0 saturated heterocycles. The zero-order valence-corrected chi connectivity index (χ0v) is 12.8. The quantitative estimate of drug-likeness (QED) is 0.584. The highest BCUT2D eigenvalue weighted by molar-refractivity contribution is 5.73. The first-order chi connectivity index (χ1) is 11.9. The van der Waals surface area contributed by atoms with Crippen molar-refractivity contribution in [1.82, 2.24) is 29.9 Å². The SMILES string of the molecule is CC(Cn1ncc2ncc(Nc3cc(OC(F)F)n[nH]3)nc21)C(=O)O. The second-order valence-corrected chi connectivity index (χ2v) is 5.15. The molecule has 10 nitrogen and oxygen atoms in total. The van der Waals surface area contributed by atoms with E-state index in [1.807, 2.05) is 0 Å². The summed E-state index contributed by atoms with van der Waals surface area (Å²) in [5.41, 5.74) is 0.885. The van der Waals surface area contributed by atoms with Gasteiger partial charge in [0.25, 0.3) is 0 Å². The standard InChI is InChI=1S/C13H13F2N7O3/c1-6(12(23)24)5-22-11-7(3-17-22)16-4-9(19-11)18-8-2-10(21-20-8)25-13(14)15/h2-4,6,13H,5H2,1H3,(H,23,24)(H2,18,19,20,21). The van der Waals surface area contributed by atoms with Gasteiger partial charge in [-0.1, -0.05) is 6.92 Å². The van der Waals surface area contributed by atoms with E-state index in [0.29, 0.717) is 17.0 Å². The largest absolute Gasteiger partial charge is 0.481 e. The topological polar surface area (TPSA) is 131 Å². The third-order valence-electron chi connectivity index (χ3n) is 3.24. The number of hydrogen-bond donors (Lipinski definition) is 3. The van der Waals surface area contributed by atoms with Gasteiger partial charge in [-0.25, -0.2) is 14.6 Å². The number of aliphatic carboxylic acids is 1. The van der Waals surface area contributed by atoms with E-state index < -0.39 is 18.5 Å². The lowest BCUT2D eigenvalue weighted by Gasteiger charge is -2.07. The molecule has 132 valence electrons. The van der Waals surface area contributed by atoms with E-state index in [0.717, 1.165) is 0 Å². The lowest BCUT2D eigenvalue weighted by Crippen LogP contribution is -2.17. The van der Waals surface area contributed by atoms with Crippen molar-refractivity contribution in [1.29, 1.82) is 0 Å². The number of alkyl halides is 2. The minimum absolute atomic E-state index is 0.132. The van der Waals surface area contributed by atoms with Crippen LogP contribution in [0.5, 0.6) is 5.88 Å². The Labute approximate surface area is 138 Å². The van der Waals surface area contributed by atoms with Crippen LogP contribution >= 0.6 is 0 Å². The van der Waals surface area contributed by atoms with Crippen molar-refractivity contribution in [2.24, 2.45) is 5.92 Å². The number of carboxylic acid groups (broad SMARTS) is 1. The lowest BCUT2D eigenvalue weighted by atomic mass is 10.2. The van der Waals surface area contributed by atoms with Gasteiger partial charge in [0, 0.05) is 6.07 Å². The first-order valence-electron chi connectivity index (χ1n) is 7.11. The van der Waals surface area contributed by atoms with Gasteiger partial charge in [0.2, 0.25) is 5.88 Å². The number of nitrogens with zero attached hydrogens (tertiary/aromatic N) is 5. The molecule has 3 aromatic heterocycles. The van der Waals surface area contributed by atoms with Crippen LogP contribution in [0.4, 0.5) is 20.4 Å². The summed E-state index contributed by atoms with van der Waals surface area (Å²) < 4.78 is 29.9. The van der Waals surface area contributed by atoms with Crippen LogP contribution in [0, 0.1) is 5.92 Å². The highest BCUT2D eigenvalue weighted by Crippen LogP contribution is 2.20. The molecule has 0 aliphatic rings. The Morgan fingerprint density at radius 1 is 1.48 bits per heavy atom. The van der Waals surface area contributed by atoms with E-state index in [1.54, 1.807) is 6.92 Å². The van der Waals surface area contributed by atoms with Crippen LogP contribution in [-0.4, -0.2) is 47.6 Å². The summed E-state index contributed by atoms with van der Waals surface area (Å²) in [5.74, 6) is -1.30. The highest BCUT2D eigenvalue weighted by atomic mass is 19.3. The minimum atomic E-state index is -2.97. The molecule has 3 heterocycles. The Morgan fingerprint density at radius 3 is 3.00 bits per heavy atom. The molecule has 0 spiro atoms. The fourth-order valence-corrected chi connectivity index (χ4v) is 2.04. The molecular formula is C13H13F2N7O3. The third-order valence-corrected chi connectivity index (χ3v) is 3.24. The van der Waals surface area contributed by atoms with Gasteiger partial charge in [-0.05, 0) is 0 Å². The van der Waals surface area contributed by atoms with E-state index in [-0.39, 0.29) is 18.2 Å². The fourth-order valence-electron chi connectivity index (χ4n) is 2.04. The number of halogens is 2. The van der Waals surface area contributed by atoms with E-state index in [4.69, 9.17) is 5.11 Å². The zero-order chi connectivity index (χ0) is 18.0. The third kappa shape index (κ3) is 3.79. The average Bonchev–Trinajstić information content (AvgIpc) is 3.14. The molecule has 3 N–H and O–H groups in total. The molecule has 0 radical (unpaired) electrons. The number of carbonyl (C=O) groups is 1. The maximum atomic E-state index is 12.1. The summed E-state index contributed by atoms with van der Waals surface area (Å²) in [7, 11) is 0. The Morgan fingerprint density at radius 2 is 2.28 bits per heavy atom. The van der Waals surface area contributed by atoms with Gasteiger partial charge in [-0.3, -0.25) is 9.89 Å². The molecule has 0 aliphatic heterocycles. The molecule has 1 unspecified atom stereocenters. The number of carboxylic acids is 1. The predicted octanol–water partition coefficient (Wildman–Crippen LogP) is 1.62. The molecule has 12 heteroatoms. The van der Waals surface area contributed by atoms with Gasteiger partial charge in [0.05, 0.1) is 24.9 Å². The average molecular weight is 353 g/mol. The molecule has 0 bridgehead atoms. The van der Waals surface area contributed by atoms with Crippen LogP contribution in [0.2, 0.25) is 0 Å². The van der Waals surface area contributed by atoms with Gasteiger partial charge in [0.1, 0.15) is 11.3 Å². The molecule has 1 atom stereocenters. The van der Waals surface area contributed by atoms with Crippen molar-refractivity contribution < 1.29 is 23.4 Å². The van der Waals surface area contributed by atoms with Crippen LogP contribution in [0.3, 0.4) is 0 Å². The summed E-state index contributed by atoms with van der Waals surface area (Å²) in [6.45, 7) is -1.29. The summed E-state index contributed by atoms with van der Waals surface area (Å²) in [6, 6.07) is 1.24. The Kier molecular flexibility index (Phi) is 4.41. The lowest BCUT2D eigenvalue weighted by molar-refractivity contribution is -0.141. The van der Waals surface area contributed by atoms with Crippen molar-refractivity contribution in [3.8, 4) is 5.88 Å². The number of rotatable bonds is 7. The second kappa shape index (κ2) is 6.67. The van der Waals surface area contributed by atoms with Crippen molar-refractivity contribution in [3.63, 3.8) is 0 Å². The van der Waals surface area contributed by atoms with Crippen molar-refractivity contribution in [3.05, 3.63) is 18.5 Å². The van der Waals surface area contributed by atoms with E-state index in [9.17, 15) is 13.6 Å². The predicted molar refractivity (Wildman–Crippen MR) is 80.6 cm³/mol. The van der Waals surface area contributed by atoms with Crippen LogP contribution in [0.15, 0.2) is 18.5 Å². The fraction of sp³-hybridized carbons (Fsp3) is 0.308. The molecule has 0 saturated carbocycles. The number of aromatic amines is 1. The molecule has 0 aromatic carbocycles. The van der Waals surface area contributed by atoms with Gasteiger partial charge in [0.15, 0.2) is 11.5 Å². The first kappa shape index (κ1) is 16.5. The smallest absolute Gasteiger partial charge is 0.388 e. The normalized spacial score (nSPS) is 12.5. The highest BCUT2D eigenvalue weighted by Gasteiger charge is 2.15. The van der Waals surface area contributed by atoms with Gasteiger partial charge < -0.3 is 15.2 Å². The van der Waals surface area contributed by atoms with E-state index in [2.05, 4.69) is 35.3 Å². The number of fused-ring (bicyclic) bond motifs is 1. The maximum absolute atomic E-state index is 12.1. The summed E-state index contributed by atoms with van der Waals surface area (Å²) >= 11 is 0. The molecule has 3 aromatic rings. The van der Waals surface area contributed by atoms with E-state index >= 15 is 0 Å². The number of anilines is 2. The van der Waals surface area contributed by atoms with Gasteiger partial charge in [-0.2, -0.15) is 13.9 Å². The summed E-state index contributed by atoms with van der Waals surface area (Å²) in [4.78, 5) is 19.5. The van der Waals surface area contributed by atoms with Crippen LogP contribution in [0.1, 0.15) is 6.92 Å². The van der Waals surface area contributed by atoms with Crippen LogP contribution < -0.4 is 10.1 Å². The number of aromatic nitrogens is 6. The summed E-state index contributed by atoms with van der Waals surface area (Å²) in [6.07, 6.45) is 2.90. The van der Waals surface area contributed by atoms with Crippen LogP contribution in [-0.2, 0) is 11.3 Å². The summed E-state index contributed by atoms with van der Waals surface area (Å²) in [5, 5.41) is 21.9. The van der Waals surface area contributed by atoms with Crippen molar-refractivity contribution >= 4 is 28.8 Å². The zero-order valence-electron chi connectivity index (χ0n) is 12.8. The van der Waals surface area contributed by atoms with Crippen molar-refractivity contribution in [2.45, 2.75) is 20.1 Å². The molecule has 0 aliphatic carbocycles. The van der Waals surface area contributed by atoms with Gasteiger partial charge in [-0.15, -0.1) is 5.10 Å².